The largest absolute Gasteiger partial charge is 0.380 e. The summed E-state index contributed by atoms with van der Waals surface area (Å²) in [6.07, 6.45) is 2.04. The molecule has 4 nitrogen and oxygen atoms in total. The molecule has 0 bridgehead atoms. The zero-order valence-corrected chi connectivity index (χ0v) is 14.4. The third-order valence-electron chi connectivity index (χ3n) is 3.62. The van der Waals surface area contributed by atoms with Gasteiger partial charge in [-0.25, -0.2) is 0 Å². The van der Waals surface area contributed by atoms with Crippen molar-refractivity contribution in [1.82, 2.24) is 5.32 Å². The van der Waals surface area contributed by atoms with E-state index >= 15 is 0 Å². The highest BCUT2D eigenvalue weighted by Gasteiger charge is 2.05. The second-order valence-corrected chi connectivity index (χ2v) is 5.90. The van der Waals surface area contributed by atoms with E-state index in [-0.39, 0.29) is 5.91 Å². The maximum Gasteiger partial charge on any atom is 0.251 e. The molecule has 24 heavy (non-hydrogen) atoms. The monoisotopic (exact) mass is 341 g/mol. The van der Waals surface area contributed by atoms with Crippen molar-refractivity contribution in [3.63, 3.8) is 0 Å². The van der Waals surface area contributed by atoms with E-state index in [1.54, 1.807) is 18.2 Å². The first-order valence-corrected chi connectivity index (χ1v) is 8.32. The zero-order valence-electron chi connectivity index (χ0n) is 13.6. The SMILES string of the molecule is CCCCNC(=O)c1ccc(CNc2ccc(Cl)cc2C#N)cc1. The van der Waals surface area contributed by atoms with E-state index < -0.39 is 0 Å². The van der Waals surface area contributed by atoms with Gasteiger partial charge in [-0.3, -0.25) is 4.79 Å². The number of hydrogen-bond acceptors (Lipinski definition) is 3. The molecule has 5 heteroatoms. The standard InChI is InChI=1S/C19H20ClN3O/c1-2-3-10-22-19(24)15-6-4-14(5-7-15)13-23-18-9-8-17(20)11-16(18)12-21/h4-9,11,23H,2-3,10,13H2,1H3,(H,22,24). The molecule has 0 radical (unpaired) electrons. The van der Waals surface area contributed by atoms with Gasteiger partial charge in [-0.05, 0) is 42.3 Å². The fourth-order valence-electron chi connectivity index (χ4n) is 2.22. The highest BCUT2D eigenvalue weighted by atomic mass is 35.5. The van der Waals surface area contributed by atoms with Crippen molar-refractivity contribution in [2.24, 2.45) is 0 Å². The molecule has 0 aliphatic heterocycles. The predicted molar refractivity (Wildman–Crippen MR) is 97.2 cm³/mol. The van der Waals surface area contributed by atoms with Gasteiger partial charge in [-0.15, -0.1) is 0 Å². The molecular weight excluding hydrogens is 322 g/mol. The van der Waals surface area contributed by atoms with Crippen LogP contribution in [0.5, 0.6) is 0 Å². The Hall–Kier alpha value is -2.51. The van der Waals surface area contributed by atoms with Crippen LogP contribution in [0.1, 0.15) is 41.3 Å². The third kappa shape index (κ3) is 5.00. The fourth-order valence-corrected chi connectivity index (χ4v) is 2.39. The second-order valence-electron chi connectivity index (χ2n) is 5.46. The number of nitriles is 1. The molecule has 0 unspecified atom stereocenters. The van der Waals surface area contributed by atoms with Gasteiger partial charge in [0.1, 0.15) is 6.07 Å². The number of benzene rings is 2. The Morgan fingerprint density at radius 3 is 2.62 bits per heavy atom. The van der Waals surface area contributed by atoms with Crippen LogP contribution in [0.15, 0.2) is 42.5 Å². The molecule has 0 saturated carbocycles. The Kier molecular flexibility index (Phi) is 6.65. The average molecular weight is 342 g/mol. The molecule has 0 heterocycles. The van der Waals surface area contributed by atoms with Crippen molar-refractivity contribution in [1.29, 1.82) is 5.26 Å². The molecule has 2 aromatic rings. The third-order valence-corrected chi connectivity index (χ3v) is 3.85. The predicted octanol–water partition coefficient (Wildman–Crippen LogP) is 4.35. The summed E-state index contributed by atoms with van der Waals surface area (Å²) in [6.45, 7) is 3.35. The van der Waals surface area contributed by atoms with Gasteiger partial charge in [0.15, 0.2) is 0 Å². The van der Waals surface area contributed by atoms with Gasteiger partial charge in [0, 0.05) is 23.7 Å². The Morgan fingerprint density at radius 1 is 1.21 bits per heavy atom. The maximum absolute atomic E-state index is 12.0. The summed E-state index contributed by atoms with van der Waals surface area (Å²) in [6, 6.07) is 14.7. The van der Waals surface area contributed by atoms with Gasteiger partial charge in [0.05, 0.1) is 11.3 Å². The summed E-state index contributed by atoms with van der Waals surface area (Å²) in [5, 5.41) is 15.8. The van der Waals surface area contributed by atoms with E-state index in [9.17, 15) is 4.79 Å². The number of hydrogen-bond donors (Lipinski definition) is 2. The van der Waals surface area contributed by atoms with Crippen molar-refractivity contribution in [2.75, 3.05) is 11.9 Å². The number of unbranched alkanes of at least 4 members (excludes halogenated alkanes) is 1. The molecular formula is C19H20ClN3O. The number of nitrogens with zero attached hydrogens (tertiary/aromatic N) is 1. The smallest absolute Gasteiger partial charge is 0.251 e. The van der Waals surface area contributed by atoms with Crippen molar-refractivity contribution in [3.8, 4) is 6.07 Å². The molecule has 2 aromatic carbocycles. The molecule has 0 aromatic heterocycles. The molecule has 2 rings (SSSR count). The second kappa shape index (κ2) is 8.95. The fraction of sp³-hybridized carbons (Fsp3) is 0.263. The quantitative estimate of drug-likeness (QED) is 0.736. The van der Waals surface area contributed by atoms with E-state index in [4.69, 9.17) is 16.9 Å². The number of halogens is 1. The molecule has 0 saturated heterocycles. The summed E-state index contributed by atoms with van der Waals surface area (Å²) in [7, 11) is 0. The first-order chi connectivity index (χ1) is 11.6. The maximum atomic E-state index is 12.0. The summed E-state index contributed by atoms with van der Waals surface area (Å²) in [5.41, 5.74) is 2.93. The van der Waals surface area contributed by atoms with Crippen LogP contribution in [0.2, 0.25) is 5.02 Å². The van der Waals surface area contributed by atoms with Gasteiger partial charge in [-0.2, -0.15) is 5.26 Å². The number of anilines is 1. The molecule has 2 N–H and O–H groups in total. The van der Waals surface area contributed by atoms with E-state index in [1.807, 2.05) is 24.3 Å². The summed E-state index contributed by atoms with van der Waals surface area (Å²) >= 11 is 5.89. The van der Waals surface area contributed by atoms with E-state index in [1.165, 1.54) is 0 Å². The minimum Gasteiger partial charge on any atom is -0.380 e. The number of carbonyl (C=O) groups excluding carboxylic acids is 1. The first kappa shape index (κ1) is 17.8. The molecule has 0 aliphatic carbocycles. The summed E-state index contributed by atoms with van der Waals surface area (Å²) < 4.78 is 0. The van der Waals surface area contributed by atoms with Crippen LogP contribution in [-0.2, 0) is 6.54 Å². The lowest BCUT2D eigenvalue weighted by Crippen LogP contribution is -2.24. The van der Waals surface area contributed by atoms with Gasteiger partial charge in [-0.1, -0.05) is 37.1 Å². The van der Waals surface area contributed by atoms with Crippen LogP contribution in [0.3, 0.4) is 0 Å². The van der Waals surface area contributed by atoms with Crippen molar-refractivity contribution < 1.29 is 4.79 Å². The van der Waals surface area contributed by atoms with E-state index in [2.05, 4.69) is 23.6 Å². The van der Waals surface area contributed by atoms with Gasteiger partial charge < -0.3 is 10.6 Å². The molecule has 0 fully saturated rings. The lowest BCUT2D eigenvalue weighted by Gasteiger charge is -2.09. The van der Waals surface area contributed by atoms with Gasteiger partial charge in [0.2, 0.25) is 0 Å². The normalized spacial score (nSPS) is 10.0. The lowest BCUT2D eigenvalue weighted by molar-refractivity contribution is 0.0953. The van der Waals surface area contributed by atoms with Crippen LogP contribution in [-0.4, -0.2) is 12.5 Å². The van der Waals surface area contributed by atoms with Crippen molar-refractivity contribution in [2.45, 2.75) is 26.3 Å². The minimum absolute atomic E-state index is 0.0487. The van der Waals surface area contributed by atoms with Gasteiger partial charge >= 0.3 is 0 Å². The van der Waals surface area contributed by atoms with Crippen molar-refractivity contribution in [3.05, 3.63) is 64.2 Å². The topological polar surface area (TPSA) is 64.9 Å². The lowest BCUT2D eigenvalue weighted by atomic mass is 10.1. The molecule has 0 atom stereocenters. The Balaban J connectivity index is 1.95. The van der Waals surface area contributed by atoms with E-state index in [0.29, 0.717) is 29.2 Å². The Labute approximate surface area is 147 Å². The van der Waals surface area contributed by atoms with Crippen molar-refractivity contribution >= 4 is 23.2 Å². The van der Waals surface area contributed by atoms with Crippen LogP contribution in [0, 0.1) is 11.3 Å². The van der Waals surface area contributed by atoms with Crippen LogP contribution < -0.4 is 10.6 Å². The Morgan fingerprint density at radius 2 is 1.96 bits per heavy atom. The zero-order chi connectivity index (χ0) is 17.4. The van der Waals surface area contributed by atoms with Gasteiger partial charge in [0.25, 0.3) is 5.91 Å². The number of amides is 1. The molecule has 0 spiro atoms. The Bertz CT molecular complexity index is 735. The highest BCUT2D eigenvalue weighted by Crippen LogP contribution is 2.20. The van der Waals surface area contributed by atoms with Crippen LogP contribution in [0.4, 0.5) is 5.69 Å². The molecule has 0 aliphatic rings. The summed E-state index contributed by atoms with van der Waals surface area (Å²) in [4.78, 5) is 12.0. The number of carbonyl (C=O) groups is 1. The van der Waals surface area contributed by atoms with Crippen LogP contribution >= 0.6 is 11.6 Å². The number of nitrogens with one attached hydrogen (secondary N) is 2. The number of rotatable bonds is 7. The first-order valence-electron chi connectivity index (χ1n) is 7.94. The summed E-state index contributed by atoms with van der Waals surface area (Å²) in [5.74, 6) is -0.0487. The molecule has 124 valence electrons. The highest BCUT2D eigenvalue weighted by molar-refractivity contribution is 6.30. The van der Waals surface area contributed by atoms with E-state index in [0.717, 1.165) is 24.1 Å². The minimum atomic E-state index is -0.0487. The molecule has 1 amide bonds. The van der Waals surface area contributed by atoms with Crippen LogP contribution in [0.25, 0.3) is 0 Å². The average Bonchev–Trinajstić information content (AvgIpc) is 2.61.